The molecule has 0 unspecified atom stereocenters. The number of aryl methyl sites for hydroxylation is 1. The zero-order valence-electron chi connectivity index (χ0n) is 21.2. The van der Waals surface area contributed by atoms with E-state index in [0.717, 1.165) is 18.4 Å². The second-order valence-electron chi connectivity index (χ2n) is 9.32. The Labute approximate surface area is 226 Å². The summed E-state index contributed by atoms with van der Waals surface area (Å²) in [5, 5.41) is 9.69. The van der Waals surface area contributed by atoms with Gasteiger partial charge in [0, 0.05) is 17.7 Å². The van der Waals surface area contributed by atoms with Crippen LogP contribution in [0.1, 0.15) is 36.2 Å². The summed E-state index contributed by atoms with van der Waals surface area (Å²) in [5.41, 5.74) is 2.35. The molecule has 0 bridgehead atoms. The van der Waals surface area contributed by atoms with Crippen LogP contribution in [0, 0.1) is 0 Å². The SMILES string of the molecule is CC(C)S(=O)(=O)c1ccc(-c2nnc(NC(=O)c3ccc(S(=O)(=O)N4CCCc5ccccc54)cc3)o2)cc1. The van der Waals surface area contributed by atoms with E-state index in [0.29, 0.717) is 17.8 Å². The van der Waals surface area contributed by atoms with Gasteiger partial charge in [-0.2, -0.15) is 0 Å². The second kappa shape index (κ2) is 10.3. The predicted octanol–water partition coefficient (Wildman–Crippen LogP) is 4.31. The molecule has 1 aliphatic heterocycles. The van der Waals surface area contributed by atoms with E-state index < -0.39 is 31.0 Å². The maximum absolute atomic E-state index is 13.3. The Balaban J connectivity index is 1.29. The average Bonchev–Trinajstić information content (AvgIpc) is 3.41. The van der Waals surface area contributed by atoms with Gasteiger partial charge in [0.25, 0.3) is 15.9 Å². The number of para-hydroxylation sites is 1. The Morgan fingerprint density at radius 2 is 1.56 bits per heavy atom. The van der Waals surface area contributed by atoms with Gasteiger partial charge in [-0.05, 0) is 86.8 Å². The van der Waals surface area contributed by atoms with Gasteiger partial charge >= 0.3 is 6.01 Å². The monoisotopic (exact) mass is 566 g/mol. The molecule has 4 aromatic rings. The molecule has 1 N–H and O–H groups in total. The number of sulfone groups is 1. The van der Waals surface area contributed by atoms with Crippen molar-refractivity contribution in [1.29, 1.82) is 0 Å². The van der Waals surface area contributed by atoms with Gasteiger partial charge in [0.15, 0.2) is 9.84 Å². The third-order valence-electron chi connectivity index (χ3n) is 6.47. The largest absolute Gasteiger partial charge is 0.403 e. The van der Waals surface area contributed by atoms with Gasteiger partial charge in [-0.15, -0.1) is 5.10 Å². The van der Waals surface area contributed by atoms with Crippen molar-refractivity contribution in [1.82, 2.24) is 10.2 Å². The fourth-order valence-corrected chi connectivity index (χ4v) is 6.87. The van der Waals surface area contributed by atoms with E-state index >= 15 is 0 Å². The second-order valence-corrected chi connectivity index (χ2v) is 13.7. The van der Waals surface area contributed by atoms with Crippen LogP contribution in [0.3, 0.4) is 0 Å². The van der Waals surface area contributed by atoms with Crippen LogP contribution in [-0.2, 0) is 26.3 Å². The molecule has 39 heavy (non-hydrogen) atoms. The van der Waals surface area contributed by atoms with Crippen LogP contribution < -0.4 is 9.62 Å². The van der Waals surface area contributed by atoms with E-state index in [1.54, 1.807) is 32.0 Å². The molecule has 0 radical (unpaired) electrons. The molecule has 0 spiro atoms. The molecule has 2 heterocycles. The highest BCUT2D eigenvalue weighted by atomic mass is 32.2. The van der Waals surface area contributed by atoms with Crippen LogP contribution in [0.15, 0.2) is 87.0 Å². The number of nitrogens with zero attached hydrogens (tertiary/aromatic N) is 3. The molecule has 202 valence electrons. The molecular formula is C27H26N4O6S2. The van der Waals surface area contributed by atoms with Crippen molar-refractivity contribution in [2.24, 2.45) is 0 Å². The molecule has 1 aromatic heterocycles. The van der Waals surface area contributed by atoms with Gasteiger partial charge in [-0.3, -0.25) is 14.4 Å². The van der Waals surface area contributed by atoms with Crippen LogP contribution in [0.25, 0.3) is 11.5 Å². The van der Waals surface area contributed by atoms with E-state index in [1.807, 2.05) is 18.2 Å². The molecule has 0 fully saturated rings. The minimum absolute atomic E-state index is 0.0822. The molecule has 12 heteroatoms. The van der Waals surface area contributed by atoms with Crippen LogP contribution in [0.4, 0.5) is 11.7 Å². The fraction of sp³-hybridized carbons (Fsp3) is 0.222. The number of aromatic nitrogens is 2. The molecule has 0 saturated heterocycles. The maximum atomic E-state index is 13.3. The minimum Gasteiger partial charge on any atom is -0.403 e. The number of rotatable bonds is 7. The van der Waals surface area contributed by atoms with Crippen LogP contribution in [0.2, 0.25) is 0 Å². The van der Waals surface area contributed by atoms with Gasteiger partial charge in [-0.1, -0.05) is 23.3 Å². The Hall–Kier alpha value is -4.03. The lowest BCUT2D eigenvalue weighted by atomic mass is 10.0. The highest BCUT2D eigenvalue weighted by Gasteiger charge is 2.29. The van der Waals surface area contributed by atoms with E-state index in [4.69, 9.17) is 4.42 Å². The number of benzene rings is 3. The molecule has 3 aromatic carbocycles. The summed E-state index contributed by atoms with van der Waals surface area (Å²) in [5.74, 6) is -0.460. The summed E-state index contributed by atoms with van der Waals surface area (Å²) in [7, 11) is -7.21. The fourth-order valence-electron chi connectivity index (χ4n) is 4.27. The zero-order valence-corrected chi connectivity index (χ0v) is 22.9. The Bertz CT molecular complexity index is 1730. The van der Waals surface area contributed by atoms with E-state index in [-0.39, 0.29) is 27.3 Å². The Kier molecular flexibility index (Phi) is 7.00. The van der Waals surface area contributed by atoms with Crippen molar-refractivity contribution >= 4 is 37.5 Å². The van der Waals surface area contributed by atoms with Crippen molar-refractivity contribution in [3.8, 4) is 11.5 Å². The first-order valence-corrected chi connectivity index (χ1v) is 15.3. The number of carbonyl (C=O) groups excluding carboxylic acids is 1. The summed E-state index contributed by atoms with van der Waals surface area (Å²) in [4.78, 5) is 13.0. The Morgan fingerprint density at radius 3 is 2.26 bits per heavy atom. The predicted molar refractivity (Wildman–Crippen MR) is 146 cm³/mol. The lowest BCUT2D eigenvalue weighted by Gasteiger charge is -2.30. The number of fused-ring (bicyclic) bond motifs is 1. The number of hydrogen-bond acceptors (Lipinski definition) is 8. The highest BCUT2D eigenvalue weighted by Crippen LogP contribution is 2.32. The molecule has 1 aliphatic rings. The summed E-state index contributed by atoms with van der Waals surface area (Å²) in [6.07, 6.45) is 1.55. The number of sulfonamides is 1. The summed E-state index contributed by atoms with van der Waals surface area (Å²) in [6, 6.07) is 18.9. The van der Waals surface area contributed by atoms with Gasteiger partial charge in [-0.25, -0.2) is 16.8 Å². The number of anilines is 2. The molecular weight excluding hydrogens is 540 g/mol. The molecule has 0 aliphatic carbocycles. The van der Waals surface area contributed by atoms with E-state index in [1.165, 1.54) is 40.7 Å². The first-order chi connectivity index (χ1) is 18.6. The smallest absolute Gasteiger partial charge is 0.322 e. The minimum atomic E-state index is -3.80. The number of nitrogens with one attached hydrogen (secondary N) is 1. The van der Waals surface area contributed by atoms with Gasteiger partial charge in [0.05, 0.1) is 20.7 Å². The van der Waals surface area contributed by atoms with Crippen molar-refractivity contribution in [3.63, 3.8) is 0 Å². The summed E-state index contributed by atoms with van der Waals surface area (Å²) in [6.45, 7) is 3.60. The first kappa shape index (κ1) is 26.6. The van der Waals surface area contributed by atoms with Crippen molar-refractivity contribution in [2.45, 2.75) is 41.7 Å². The number of hydrogen-bond donors (Lipinski definition) is 1. The van der Waals surface area contributed by atoms with Crippen molar-refractivity contribution in [3.05, 3.63) is 83.9 Å². The van der Waals surface area contributed by atoms with Gasteiger partial charge < -0.3 is 4.42 Å². The summed E-state index contributed by atoms with van der Waals surface area (Å²) < 4.78 is 58.2. The van der Waals surface area contributed by atoms with Crippen LogP contribution >= 0.6 is 0 Å². The first-order valence-electron chi connectivity index (χ1n) is 12.3. The van der Waals surface area contributed by atoms with Gasteiger partial charge in [0.1, 0.15) is 0 Å². The normalized spacial score (nSPS) is 13.8. The van der Waals surface area contributed by atoms with Crippen LogP contribution in [-0.4, -0.2) is 44.7 Å². The summed E-state index contributed by atoms with van der Waals surface area (Å²) >= 11 is 0. The molecule has 0 atom stereocenters. The maximum Gasteiger partial charge on any atom is 0.322 e. The van der Waals surface area contributed by atoms with Crippen LogP contribution in [0.5, 0.6) is 0 Å². The molecule has 1 amide bonds. The third-order valence-corrected chi connectivity index (χ3v) is 10.5. The molecule has 0 saturated carbocycles. The third kappa shape index (κ3) is 5.17. The standard InChI is InChI=1S/C27H26N4O6S2/c1-18(2)38(33,34)22-13-11-21(12-14-22)26-29-30-27(37-26)28-25(32)20-9-15-23(16-10-20)39(35,36)31-17-5-7-19-6-3-4-8-24(19)31/h3-4,6,8-16,18H,5,7,17H2,1-2H3,(H,28,30,32). The topological polar surface area (TPSA) is 140 Å². The Morgan fingerprint density at radius 1 is 0.897 bits per heavy atom. The average molecular weight is 567 g/mol. The van der Waals surface area contributed by atoms with E-state index in [2.05, 4.69) is 15.5 Å². The van der Waals surface area contributed by atoms with Gasteiger partial charge in [0.2, 0.25) is 5.89 Å². The van der Waals surface area contributed by atoms with Crippen molar-refractivity contribution < 1.29 is 26.0 Å². The quantitative estimate of drug-likeness (QED) is 0.349. The van der Waals surface area contributed by atoms with E-state index in [9.17, 15) is 21.6 Å². The number of amides is 1. The van der Waals surface area contributed by atoms with Crippen molar-refractivity contribution in [2.75, 3.05) is 16.2 Å². The number of carbonyl (C=O) groups is 1. The molecule has 5 rings (SSSR count). The lowest BCUT2D eigenvalue weighted by Crippen LogP contribution is -2.35. The zero-order chi connectivity index (χ0) is 27.8. The molecule has 10 nitrogen and oxygen atoms in total. The highest BCUT2D eigenvalue weighted by molar-refractivity contribution is 7.93. The lowest BCUT2D eigenvalue weighted by molar-refractivity contribution is 0.102.